The van der Waals surface area contributed by atoms with E-state index >= 15 is 0 Å². The lowest BCUT2D eigenvalue weighted by Crippen LogP contribution is -2.14. The monoisotopic (exact) mass is 414 g/mol. The third kappa shape index (κ3) is 5.86. The highest BCUT2D eigenvalue weighted by Crippen LogP contribution is 2.36. The second-order valence-electron chi connectivity index (χ2n) is 7.05. The quantitative estimate of drug-likeness (QED) is 0.724. The number of halogens is 1. The standard InChI is InChI=1S/C20H21FN2O.C2H2O4/c1-23(2)9-3-4-15-10-16-12-24-13-19(16)20(18(15)11-22)14-5-7-17(21)8-6-14;3-1(4)2(5)6/h5-8,10H,3-4,9,12-13H2,1-2H3;(H,3,4)(H,5,6). The normalized spacial score (nSPS) is 12.0. The van der Waals surface area contributed by atoms with Crippen LogP contribution in [0.2, 0.25) is 0 Å². The molecule has 2 aromatic carbocycles. The first-order valence-corrected chi connectivity index (χ1v) is 9.27. The van der Waals surface area contributed by atoms with Crippen molar-refractivity contribution >= 4 is 11.9 Å². The van der Waals surface area contributed by atoms with Crippen LogP contribution in [0.15, 0.2) is 30.3 Å². The predicted molar refractivity (Wildman–Crippen MR) is 107 cm³/mol. The number of aryl methyl sites for hydroxylation is 1. The van der Waals surface area contributed by atoms with Crippen LogP contribution in [0.1, 0.15) is 28.7 Å². The number of fused-ring (bicyclic) bond motifs is 1. The van der Waals surface area contributed by atoms with E-state index in [4.69, 9.17) is 24.5 Å². The molecule has 0 aromatic heterocycles. The summed E-state index contributed by atoms with van der Waals surface area (Å²) in [5.41, 5.74) is 5.76. The van der Waals surface area contributed by atoms with Crippen LogP contribution in [-0.4, -0.2) is 47.7 Å². The number of benzene rings is 2. The van der Waals surface area contributed by atoms with Crippen molar-refractivity contribution < 1.29 is 28.9 Å². The predicted octanol–water partition coefficient (Wildman–Crippen LogP) is 3.04. The van der Waals surface area contributed by atoms with Crippen LogP contribution in [0.25, 0.3) is 11.1 Å². The smallest absolute Gasteiger partial charge is 0.414 e. The fourth-order valence-corrected chi connectivity index (χ4v) is 3.24. The molecule has 0 bridgehead atoms. The molecule has 0 amide bonds. The molecule has 2 N–H and O–H groups in total. The van der Waals surface area contributed by atoms with Gasteiger partial charge in [-0.2, -0.15) is 5.26 Å². The van der Waals surface area contributed by atoms with Crippen LogP contribution < -0.4 is 0 Å². The summed E-state index contributed by atoms with van der Waals surface area (Å²) in [6, 6.07) is 10.9. The average molecular weight is 414 g/mol. The van der Waals surface area contributed by atoms with Gasteiger partial charge in [-0.05, 0) is 67.9 Å². The van der Waals surface area contributed by atoms with Gasteiger partial charge in [0.15, 0.2) is 0 Å². The van der Waals surface area contributed by atoms with Crippen LogP contribution in [0.4, 0.5) is 4.39 Å². The summed E-state index contributed by atoms with van der Waals surface area (Å²) in [4.78, 5) is 20.3. The van der Waals surface area contributed by atoms with Gasteiger partial charge >= 0.3 is 11.9 Å². The summed E-state index contributed by atoms with van der Waals surface area (Å²) >= 11 is 0. The molecule has 0 aliphatic carbocycles. The van der Waals surface area contributed by atoms with Crippen molar-refractivity contribution in [3.05, 3.63) is 58.4 Å². The summed E-state index contributed by atoms with van der Waals surface area (Å²) in [5, 5.41) is 24.6. The van der Waals surface area contributed by atoms with Crippen LogP contribution >= 0.6 is 0 Å². The molecule has 2 aromatic rings. The van der Waals surface area contributed by atoms with E-state index in [1.165, 1.54) is 12.1 Å². The lowest BCUT2D eigenvalue weighted by Gasteiger charge is -2.16. The molecule has 30 heavy (non-hydrogen) atoms. The van der Waals surface area contributed by atoms with E-state index in [2.05, 4.69) is 17.0 Å². The molecule has 0 radical (unpaired) electrons. The Morgan fingerprint density at radius 2 is 1.80 bits per heavy atom. The van der Waals surface area contributed by atoms with Gasteiger partial charge in [0.2, 0.25) is 0 Å². The first-order valence-electron chi connectivity index (χ1n) is 9.27. The van der Waals surface area contributed by atoms with Crippen LogP contribution in [0.3, 0.4) is 0 Å². The third-order valence-electron chi connectivity index (χ3n) is 4.59. The Kier molecular flexibility index (Phi) is 8.04. The van der Waals surface area contributed by atoms with E-state index in [0.717, 1.165) is 47.2 Å². The van der Waals surface area contributed by atoms with Crippen molar-refractivity contribution in [2.75, 3.05) is 20.6 Å². The van der Waals surface area contributed by atoms with Crippen molar-refractivity contribution in [1.82, 2.24) is 4.90 Å². The van der Waals surface area contributed by atoms with Crippen molar-refractivity contribution in [1.29, 1.82) is 5.26 Å². The van der Waals surface area contributed by atoms with E-state index in [1.807, 2.05) is 14.1 Å². The molecular weight excluding hydrogens is 391 g/mol. The van der Waals surface area contributed by atoms with Crippen molar-refractivity contribution in [3.8, 4) is 17.2 Å². The maximum atomic E-state index is 13.3. The molecule has 8 heteroatoms. The molecule has 0 fully saturated rings. The number of ether oxygens (including phenoxy) is 1. The molecule has 158 valence electrons. The van der Waals surface area contributed by atoms with Crippen LogP contribution in [0.5, 0.6) is 0 Å². The van der Waals surface area contributed by atoms with E-state index in [1.54, 1.807) is 12.1 Å². The number of nitriles is 1. The number of aliphatic carboxylic acids is 2. The molecule has 0 saturated heterocycles. The number of carboxylic acids is 2. The number of carbonyl (C=O) groups is 2. The highest BCUT2D eigenvalue weighted by Gasteiger charge is 2.23. The highest BCUT2D eigenvalue weighted by atomic mass is 19.1. The maximum absolute atomic E-state index is 13.3. The minimum atomic E-state index is -1.82. The molecule has 1 aliphatic rings. The van der Waals surface area contributed by atoms with Gasteiger partial charge in [-0.3, -0.25) is 0 Å². The minimum Gasteiger partial charge on any atom is -0.473 e. The van der Waals surface area contributed by atoms with Crippen molar-refractivity contribution in [3.63, 3.8) is 0 Å². The van der Waals surface area contributed by atoms with Gasteiger partial charge in [0.1, 0.15) is 11.9 Å². The molecule has 0 saturated carbocycles. The van der Waals surface area contributed by atoms with Crippen molar-refractivity contribution in [2.45, 2.75) is 26.1 Å². The largest absolute Gasteiger partial charge is 0.473 e. The summed E-state index contributed by atoms with van der Waals surface area (Å²) in [7, 11) is 4.09. The second kappa shape index (κ2) is 10.5. The van der Waals surface area contributed by atoms with Gasteiger partial charge < -0.3 is 19.8 Å². The molecule has 0 spiro atoms. The Morgan fingerprint density at radius 3 is 2.33 bits per heavy atom. The molecule has 0 atom stereocenters. The van der Waals surface area contributed by atoms with Crippen molar-refractivity contribution in [2.24, 2.45) is 0 Å². The number of rotatable bonds is 5. The summed E-state index contributed by atoms with van der Waals surface area (Å²) in [6.45, 7) is 2.06. The van der Waals surface area contributed by atoms with Gasteiger partial charge in [-0.25, -0.2) is 14.0 Å². The first-order chi connectivity index (χ1) is 14.2. The van der Waals surface area contributed by atoms with Crippen LogP contribution in [-0.2, 0) is 34.0 Å². The Morgan fingerprint density at radius 1 is 1.17 bits per heavy atom. The minimum absolute atomic E-state index is 0.271. The average Bonchev–Trinajstić information content (AvgIpc) is 3.16. The van der Waals surface area contributed by atoms with E-state index in [0.29, 0.717) is 18.8 Å². The lowest BCUT2D eigenvalue weighted by atomic mass is 9.87. The zero-order valence-corrected chi connectivity index (χ0v) is 16.8. The summed E-state index contributed by atoms with van der Waals surface area (Å²) in [5.74, 6) is -3.92. The molecule has 1 aliphatic heterocycles. The second-order valence-corrected chi connectivity index (χ2v) is 7.05. The van der Waals surface area contributed by atoms with Gasteiger partial charge in [0.05, 0.1) is 18.8 Å². The number of nitrogens with zero attached hydrogens (tertiary/aromatic N) is 2. The Bertz CT molecular complexity index is 953. The zero-order chi connectivity index (χ0) is 22.3. The maximum Gasteiger partial charge on any atom is 0.414 e. The molecular formula is C22H23FN2O5. The fraction of sp³-hybridized carbons (Fsp3) is 0.318. The van der Waals surface area contributed by atoms with E-state index in [-0.39, 0.29) is 5.82 Å². The number of hydrogen-bond acceptors (Lipinski definition) is 5. The zero-order valence-electron chi connectivity index (χ0n) is 16.8. The van der Waals surface area contributed by atoms with Gasteiger partial charge in [0, 0.05) is 5.56 Å². The van der Waals surface area contributed by atoms with Crippen LogP contribution in [0, 0.1) is 17.1 Å². The molecule has 7 nitrogen and oxygen atoms in total. The number of hydrogen-bond donors (Lipinski definition) is 2. The molecule has 0 unspecified atom stereocenters. The summed E-state index contributed by atoms with van der Waals surface area (Å²) < 4.78 is 18.9. The lowest BCUT2D eigenvalue weighted by molar-refractivity contribution is -0.159. The summed E-state index contributed by atoms with van der Waals surface area (Å²) in [6.07, 6.45) is 1.84. The van der Waals surface area contributed by atoms with E-state index in [9.17, 15) is 9.65 Å². The first kappa shape index (κ1) is 23.0. The topological polar surface area (TPSA) is 111 Å². The SMILES string of the molecule is CN(C)CCCc1cc2c(c(-c3ccc(F)cc3)c1C#N)COC2.O=C(O)C(=O)O. The Hall–Kier alpha value is -3.28. The molecule has 3 rings (SSSR count). The van der Waals surface area contributed by atoms with E-state index < -0.39 is 11.9 Å². The third-order valence-corrected chi connectivity index (χ3v) is 4.59. The highest BCUT2D eigenvalue weighted by molar-refractivity contribution is 6.27. The van der Waals surface area contributed by atoms with Gasteiger partial charge in [-0.1, -0.05) is 18.2 Å². The number of carboxylic acid groups (broad SMARTS) is 2. The Balaban J connectivity index is 0.000000469. The van der Waals surface area contributed by atoms with Gasteiger partial charge in [-0.15, -0.1) is 0 Å². The molecule has 1 heterocycles. The fourth-order valence-electron chi connectivity index (χ4n) is 3.24. The Labute approximate surface area is 173 Å². The van der Waals surface area contributed by atoms with Gasteiger partial charge in [0.25, 0.3) is 0 Å².